The molecule has 0 radical (unpaired) electrons. The van der Waals surface area contributed by atoms with Crippen LogP contribution in [0.25, 0.3) is 0 Å². The van der Waals surface area contributed by atoms with Gasteiger partial charge in [0.15, 0.2) is 0 Å². The van der Waals surface area contributed by atoms with Crippen LogP contribution >= 0.6 is 0 Å². The van der Waals surface area contributed by atoms with E-state index in [1.165, 1.54) is 77.0 Å². The first kappa shape index (κ1) is 31.7. The Morgan fingerprint density at radius 1 is 0.679 bits per heavy atom. The third-order valence-corrected chi connectivity index (χ3v) is 6.95. The molecular weight excluding hydrogens is 399 g/mol. The van der Waals surface area contributed by atoms with Crippen LogP contribution in [0.5, 0.6) is 0 Å². The van der Waals surface area contributed by atoms with Crippen LogP contribution in [-0.2, 0) is 10.1 Å². The van der Waals surface area contributed by atoms with Crippen LogP contribution in [0.3, 0.4) is 0 Å². The smallest absolute Gasteiger partial charge is 0.748 e. The van der Waals surface area contributed by atoms with Gasteiger partial charge in [-0.05, 0) is 32.1 Å². The van der Waals surface area contributed by atoms with Crippen molar-refractivity contribution in [3.05, 3.63) is 0 Å². The number of hydrogen-bond donors (Lipinski definition) is 1. The SMILES string of the molecule is CCCCCCCCCCCCCCCC(O)CCCC(CC)S(=O)(=O)[O-].[K+]. The minimum absolute atomic E-state index is 0. The van der Waals surface area contributed by atoms with Gasteiger partial charge < -0.3 is 9.66 Å². The summed E-state index contributed by atoms with van der Waals surface area (Å²) in [5, 5.41) is 9.20. The standard InChI is InChI=1S/C22H46O4S.K/c1-3-5-6-7-8-9-10-11-12-13-14-15-16-18-21(23)19-17-20-22(4-2)27(24,25)26;/h21-23H,3-20H2,1-2H3,(H,24,25,26);/q;+1/p-1. The molecule has 0 aliphatic carbocycles. The average molecular weight is 445 g/mol. The van der Waals surface area contributed by atoms with E-state index < -0.39 is 15.4 Å². The summed E-state index contributed by atoms with van der Waals surface area (Å²) in [6.07, 6.45) is 19.5. The molecule has 0 rings (SSSR count). The zero-order chi connectivity index (χ0) is 20.4. The Hall–Kier alpha value is 1.51. The van der Waals surface area contributed by atoms with Crippen LogP contribution in [0.1, 0.15) is 129 Å². The summed E-state index contributed by atoms with van der Waals surface area (Å²) in [7, 11) is -4.19. The third-order valence-electron chi connectivity index (χ3n) is 5.57. The van der Waals surface area contributed by atoms with Gasteiger partial charge in [0.05, 0.1) is 16.2 Å². The molecule has 0 bridgehead atoms. The van der Waals surface area contributed by atoms with Gasteiger partial charge in [-0.1, -0.05) is 97.3 Å². The molecule has 1 N–H and O–H groups in total. The van der Waals surface area contributed by atoms with Crippen molar-refractivity contribution in [1.82, 2.24) is 0 Å². The van der Waals surface area contributed by atoms with E-state index in [0.717, 1.165) is 12.8 Å². The van der Waals surface area contributed by atoms with Crippen LogP contribution < -0.4 is 51.4 Å². The van der Waals surface area contributed by atoms with Gasteiger partial charge in [0.2, 0.25) is 0 Å². The topological polar surface area (TPSA) is 77.4 Å². The monoisotopic (exact) mass is 444 g/mol. The molecule has 2 atom stereocenters. The van der Waals surface area contributed by atoms with Crippen LogP contribution in [0, 0.1) is 0 Å². The van der Waals surface area contributed by atoms with Crippen molar-refractivity contribution in [3.8, 4) is 0 Å². The van der Waals surface area contributed by atoms with Gasteiger partial charge in [-0.2, -0.15) is 0 Å². The Morgan fingerprint density at radius 2 is 1.07 bits per heavy atom. The summed E-state index contributed by atoms with van der Waals surface area (Å²) in [5.41, 5.74) is 0. The predicted molar refractivity (Wildman–Crippen MR) is 114 cm³/mol. The van der Waals surface area contributed by atoms with E-state index in [1.807, 2.05) is 0 Å². The van der Waals surface area contributed by atoms with Crippen molar-refractivity contribution in [2.45, 2.75) is 141 Å². The fourth-order valence-electron chi connectivity index (χ4n) is 3.68. The number of aliphatic hydroxyl groups excluding tert-OH is 1. The average Bonchev–Trinajstić information content (AvgIpc) is 2.61. The van der Waals surface area contributed by atoms with Gasteiger partial charge >= 0.3 is 51.4 Å². The second-order valence-electron chi connectivity index (χ2n) is 8.14. The summed E-state index contributed by atoms with van der Waals surface area (Å²) < 4.78 is 33.1. The molecule has 0 spiro atoms. The van der Waals surface area contributed by atoms with E-state index in [0.29, 0.717) is 25.7 Å². The summed E-state index contributed by atoms with van der Waals surface area (Å²) in [6.45, 7) is 3.98. The Balaban J connectivity index is 0. The Morgan fingerprint density at radius 3 is 1.46 bits per heavy atom. The van der Waals surface area contributed by atoms with Gasteiger partial charge in [0.1, 0.15) is 0 Å². The fourth-order valence-corrected chi connectivity index (χ4v) is 4.54. The molecular formula is C22H45KO4S. The molecule has 0 fully saturated rings. The molecule has 0 saturated heterocycles. The molecule has 0 amide bonds. The first-order valence-corrected chi connectivity index (χ1v) is 13.0. The van der Waals surface area contributed by atoms with Gasteiger partial charge in [-0.3, -0.25) is 0 Å². The van der Waals surface area contributed by atoms with Crippen molar-refractivity contribution in [2.24, 2.45) is 0 Å². The summed E-state index contributed by atoms with van der Waals surface area (Å²) in [4.78, 5) is 0. The fraction of sp³-hybridized carbons (Fsp3) is 1.00. The zero-order valence-electron chi connectivity index (χ0n) is 19.0. The van der Waals surface area contributed by atoms with E-state index in [-0.39, 0.29) is 57.5 Å². The van der Waals surface area contributed by atoms with Crippen LogP contribution in [-0.4, -0.2) is 29.4 Å². The molecule has 164 valence electrons. The molecule has 0 aromatic carbocycles. The second-order valence-corrected chi connectivity index (χ2v) is 9.79. The molecule has 0 aromatic heterocycles. The first-order valence-electron chi connectivity index (χ1n) is 11.5. The molecule has 2 unspecified atom stereocenters. The molecule has 6 heteroatoms. The van der Waals surface area contributed by atoms with Gasteiger partial charge in [-0.25, -0.2) is 8.42 Å². The van der Waals surface area contributed by atoms with E-state index >= 15 is 0 Å². The number of unbranched alkanes of at least 4 members (excludes halogenated alkanes) is 12. The van der Waals surface area contributed by atoms with Gasteiger partial charge in [0.25, 0.3) is 0 Å². The molecule has 4 nitrogen and oxygen atoms in total. The number of rotatable bonds is 20. The minimum atomic E-state index is -4.19. The minimum Gasteiger partial charge on any atom is -0.748 e. The zero-order valence-corrected chi connectivity index (χ0v) is 22.9. The molecule has 28 heavy (non-hydrogen) atoms. The first-order chi connectivity index (χ1) is 12.9. The van der Waals surface area contributed by atoms with E-state index in [2.05, 4.69) is 6.92 Å². The van der Waals surface area contributed by atoms with Crippen molar-refractivity contribution in [2.75, 3.05) is 0 Å². The van der Waals surface area contributed by atoms with Crippen LogP contribution in [0.15, 0.2) is 0 Å². The normalized spacial score (nSPS) is 13.9. The number of aliphatic hydroxyl groups is 1. The van der Waals surface area contributed by atoms with Crippen molar-refractivity contribution in [3.63, 3.8) is 0 Å². The number of hydrogen-bond acceptors (Lipinski definition) is 4. The van der Waals surface area contributed by atoms with Crippen molar-refractivity contribution < 1.29 is 69.5 Å². The van der Waals surface area contributed by atoms with E-state index in [1.54, 1.807) is 6.92 Å². The van der Waals surface area contributed by atoms with Gasteiger partial charge in [-0.15, -0.1) is 0 Å². The van der Waals surface area contributed by atoms with E-state index in [4.69, 9.17) is 0 Å². The van der Waals surface area contributed by atoms with Crippen LogP contribution in [0.4, 0.5) is 0 Å². The van der Waals surface area contributed by atoms with Gasteiger partial charge in [0, 0.05) is 5.25 Å². The van der Waals surface area contributed by atoms with Crippen LogP contribution in [0.2, 0.25) is 0 Å². The Kier molecular flexibility index (Phi) is 24.6. The molecule has 0 aromatic rings. The summed E-state index contributed by atoms with van der Waals surface area (Å²) >= 11 is 0. The Labute approximate surface area is 218 Å². The van der Waals surface area contributed by atoms with E-state index in [9.17, 15) is 18.1 Å². The maximum absolute atomic E-state index is 11.0. The second kappa shape index (κ2) is 21.7. The Bertz CT molecular complexity index is 415. The predicted octanol–water partition coefficient (Wildman–Crippen LogP) is 3.33. The third kappa shape index (κ3) is 20.8. The quantitative estimate of drug-likeness (QED) is 0.177. The molecule has 0 heterocycles. The maximum atomic E-state index is 11.0. The molecule has 0 saturated carbocycles. The summed E-state index contributed by atoms with van der Waals surface area (Å²) in [5.74, 6) is 0. The molecule has 0 aliphatic rings. The largest absolute Gasteiger partial charge is 1.00 e. The van der Waals surface area contributed by atoms with Crippen molar-refractivity contribution in [1.29, 1.82) is 0 Å². The van der Waals surface area contributed by atoms with Crippen molar-refractivity contribution >= 4 is 10.1 Å². The molecule has 0 aliphatic heterocycles. The maximum Gasteiger partial charge on any atom is 1.00 e. The summed E-state index contributed by atoms with van der Waals surface area (Å²) in [6, 6.07) is 0.